The van der Waals surface area contributed by atoms with Crippen molar-refractivity contribution in [3.05, 3.63) is 23.5 Å². The fraction of sp³-hybridized carbons (Fsp3) is 0.545. The lowest BCUT2D eigenvalue weighted by Gasteiger charge is -2.20. The molecule has 0 bridgehead atoms. The highest BCUT2D eigenvalue weighted by Gasteiger charge is 2.14. The highest BCUT2D eigenvalue weighted by Crippen LogP contribution is 2.12. The Bertz CT molecular complexity index is 491. The number of rotatable bonds is 6. The van der Waals surface area contributed by atoms with Crippen LogP contribution in [0.1, 0.15) is 13.8 Å². The van der Waals surface area contributed by atoms with Crippen molar-refractivity contribution in [3.8, 4) is 0 Å². The van der Waals surface area contributed by atoms with Gasteiger partial charge in [0.05, 0.1) is 4.90 Å². The summed E-state index contributed by atoms with van der Waals surface area (Å²) in [5.41, 5.74) is 0. The number of halogens is 1. The Balaban J connectivity index is 2.61. The fourth-order valence-electron chi connectivity index (χ4n) is 1.25. The van der Waals surface area contributed by atoms with Crippen LogP contribution in [0.3, 0.4) is 0 Å². The molecule has 0 saturated carbocycles. The second-order valence-electron chi connectivity index (χ2n) is 4.29. The molecule has 0 unspecified atom stereocenters. The SMILES string of the molecule is CC(C)N(C)CCNS(=O)(=O)c1ccnc(Cl)c1. The molecule has 1 N–H and O–H groups in total. The highest BCUT2D eigenvalue weighted by atomic mass is 35.5. The van der Waals surface area contributed by atoms with Crippen LogP contribution in [0.4, 0.5) is 0 Å². The number of hydrogen-bond acceptors (Lipinski definition) is 4. The lowest BCUT2D eigenvalue weighted by molar-refractivity contribution is 0.278. The third-order valence-corrected chi connectivity index (χ3v) is 4.31. The van der Waals surface area contributed by atoms with Crippen molar-refractivity contribution in [1.29, 1.82) is 0 Å². The summed E-state index contributed by atoms with van der Waals surface area (Å²) in [7, 11) is -1.56. The van der Waals surface area contributed by atoms with Crippen LogP contribution in [0.5, 0.6) is 0 Å². The topological polar surface area (TPSA) is 62.3 Å². The Morgan fingerprint density at radius 3 is 2.72 bits per heavy atom. The van der Waals surface area contributed by atoms with E-state index in [1.807, 2.05) is 7.05 Å². The molecule has 0 amide bonds. The molecule has 1 rings (SSSR count). The second kappa shape index (κ2) is 6.47. The summed E-state index contributed by atoms with van der Waals surface area (Å²) in [4.78, 5) is 5.94. The van der Waals surface area contributed by atoms with Crippen molar-refractivity contribution in [2.24, 2.45) is 0 Å². The molecule has 1 heterocycles. The van der Waals surface area contributed by atoms with E-state index in [2.05, 4.69) is 28.5 Å². The minimum atomic E-state index is -3.51. The van der Waals surface area contributed by atoms with Crippen LogP contribution in [0.15, 0.2) is 23.2 Å². The van der Waals surface area contributed by atoms with E-state index in [0.29, 0.717) is 19.1 Å². The maximum Gasteiger partial charge on any atom is 0.240 e. The number of nitrogens with one attached hydrogen (secondary N) is 1. The van der Waals surface area contributed by atoms with Crippen LogP contribution in [0.25, 0.3) is 0 Å². The van der Waals surface area contributed by atoms with Gasteiger partial charge in [0.1, 0.15) is 5.15 Å². The zero-order valence-corrected chi connectivity index (χ0v) is 12.3. The molecule has 0 radical (unpaired) electrons. The first kappa shape index (κ1) is 15.4. The summed E-state index contributed by atoms with van der Waals surface area (Å²) in [6, 6.07) is 3.13. The summed E-state index contributed by atoms with van der Waals surface area (Å²) in [6.07, 6.45) is 1.37. The van der Waals surface area contributed by atoms with Gasteiger partial charge in [-0.3, -0.25) is 0 Å². The molecule has 0 fully saturated rings. The maximum absolute atomic E-state index is 11.9. The summed E-state index contributed by atoms with van der Waals surface area (Å²) in [5, 5.41) is 0.164. The molecule has 0 spiro atoms. The average Bonchev–Trinajstić information content (AvgIpc) is 2.28. The molecule has 0 aliphatic heterocycles. The third kappa shape index (κ3) is 4.53. The number of likely N-dealkylation sites (N-methyl/N-ethyl adjacent to an activating group) is 1. The van der Waals surface area contributed by atoms with Crippen LogP contribution in [-0.2, 0) is 10.0 Å². The smallest absolute Gasteiger partial charge is 0.240 e. The molecular formula is C11H18ClN3O2S. The van der Waals surface area contributed by atoms with E-state index in [9.17, 15) is 8.42 Å². The molecule has 0 saturated heterocycles. The summed E-state index contributed by atoms with van der Waals surface area (Å²) >= 11 is 5.67. The van der Waals surface area contributed by atoms with Crippen molar-refractivity contribution in [1.82, 2.24) is 14.6 Å². The first-order chi connectivity index (χ1) is 8.33. The molecule has 5 nitrogen and oxygen atoms in total. The van der Waals surface area contributed by atoms with Crippen LogP contribution in [0, 0.1) is 0 Å². The van der Waals surface area contributed by atoms with Crippen LogP contribution < -0.4 is 4.72 Å². The predicted molar refractivity (Wildman–Crippen MR) is 72.2 cm³/mol. The number of sulfonamides is 1. The summed E-state index contributed by atoms with van der Waals surface area (Å²) < 4.78 is 26.4. The van der Waals surface area contributed by atoms with Gasteiger partial charge < -0.3 is 4.90 Å². The molecular weight excluding hydrogens is 274 g/mol. The second-order valence-corrected chi connectivity index (χ2v) is 6.44. The molecule has 1 aromatic heterocycles. The van der Waals surface area contributed by atoms with E-state index in [1.165, 1.54) is 18.3 Å². The lowest BCUT2D eigenvalue weighted by Crippen LogP contribution is -2.36. The van der Waals surface area contributed by atoms with E-state index in [4.69, 9.17) is 11.6 Å². The number of pyridine rings is 1. The van der Waals surface area contributed by atoms with Gasteiger partial charge in [-0.25, -0.2) is 18.1 Å². The van der Waals surface area contributed by atoms with Gasteiger partial charge in [-0.05, 0) is 33.0 Å². The maximum atomic E-state index is 11.9. The highest BCUT2D eigenvalue weighted by molar-refractivity contribution is 7.89. The quantitative estimate of drug-likeness (QED) is 0.804. The number of aromatic nitrogens is 1. The first-order valence-corrected chi connectivity index (χ1v) is 7.50. The van der Waals surface area contributed by atoms with Gasteiger partial charge in [0, 0.05) is 25.3 Å². The summed E-state index contributed by atoms with van der Waals surface area (Å²) in [5.74, 6) is 0. The van der Waals surface area contributed by atoms with Gasteiger partial charge in [-0.2, -0.15) is 0 Å². The molecule has 0 aliphatic carbocycles. The zero-order valence-electron chi connectivity index (χ0n) is 10.7. The van der Waals surface area contributed by atoms with E-state index in [-0.39, 0.29) is 10.0 Å². The average molecular weight is 292 g/mol. The van der Waals surface area contributed by atoms with E-state index >= 15 is 0 Å². The molecule has 0 aromatic carbocycles. The van der Waals surface area contributed by atoms with Crippen LogP contribution >= 0.6 is 11.6 Å². The number of hydrogen-bond donors (Lipinski definition) is 1. The Hall–Kier alpha value is -0.690. The molecule has 102 valence electrons. The monoisotopic (exact) mass is 291 g/mol. The standard InChI is InChI=1S/C11H18ClN3O2S/c1-9(2)15(3)7-6-14-18(16,17)10-4-5-13-11(12)8-10/h4-5,8-9,14H,6-7H2,1-3H3. The van der Waals surface area contributed by atoms with Crippen molar-refractivity contribution < 1.29 is 8.42 Å². The van der Waals surface area contributed by atoms with E-state index in [0.717, 1.165) is 0 Å². The molecule has 0 atom stereocenters. The van der Waals surface area contributed by atoms with Gasteiger partial charge in [-0.15, -0.1) is 0 Å². The Morgan fingerprint density at radius 2 is 2.17 bits per heavy atom. The van der Waals surface area contributed by atoms with Crippen molar-refractivity contribution >= 4 is 21.6 Å². The molecule has 18 heavy (non-hydrogen) atoms. The molecule has 0 aliphatic rings. The zero-order chi connectivity index (χ0) is 13.8. The minimum absolute atomic E-state index is 0.134. The summed E-state index contributed by atoms with van der Waals surface area (Å²) in [6.45, 7) is 5.11. The Morgan fingerprint density at radius 1 is 1.50 bits per heavy atom. The first-order valence-electron chi connectivity index (χ1n) is 5.64. The largest absolute Gasteiger partial charge is 0.303 e. The van der Waals surface area contributed by atoms with Crippen molar-refractivity contribution in [3.63, 3.8) is 0 Å². The number of nitrogens with zero attached hydrogens (tertiary/aromatic N) is 2. The third-order valence-electron chi connectivity index (χ3n) is 2.65. The molecule has 7 heteroatoms. The lowest BCUT2D eigenvalue weighted by atomic mass is 10.3. The Labute approximate surface area is 113 Å². The van der Waals surface area contributed by atoms with Gasteiger partial charge in [-0.1, -0.05) is 11.6 Å². The molecule has 1 aromatic rings. The Kier molecular flexibility index (Phi) is 5.52. The van der Waals surface area contributed by atoms with Gasteiger partial charge >= 0.3 is 0 Å². The fourth-order valence-corrected chi connectivity index (χ4v) is 2.52. The van der Waals surface area contributed by atoms with Gasteiger partial charge in [0.2, 0.25) is 10.0 Å². The van der Waals surface area contributed by atoms with Crippen LogP contribution in [0.2, 0.25) is 5.15 Å². The van der Waals surface area contributed by atoms with E-state index in [1.54, 1.807) is 0 Å². The van der Waals surface area contributed by atoms with Crippen LogP contribution in [-0.4, -0.2) is 44.5 Å². The van der Waals surface area contributed by atoms with Crippen molar-refractivity contribution in [2.45, 2.75) is 24.8 Å². The normalized spacial score (nSPS) is 12.3. The predicted octanol–water partition coefficient (Wildman–Crippen LogP) is 1.35. The van der Waals surface area contributed by atoms with Crippen molar-refractivity contribution in [2.75, 3.05) is 20.1 Å². The minimum Gasteiger partial charge on any atom is -0.303 e. The van der Waals surface area contributed by atoms with Gasteiger partial charge in [0.15, 0.2) is 0 Å². The van der Waals surface area contributed by atoms with E-state index < -0.39 is 10.0 Å². The van der Waals surface area contributed by atoms with Gasteiger partial charge in [0.25, 0.3) is 0 Å².